The molecule has 2 aromatic rings. The second kappa shape index (κ2) is 11.5. The highest BCUT2D eigenvalue weighted by Gasteiger charge is 2.29. The van der Waals surface area contributed by atoms with Gasteiger partial charge in [0.1, 0.15) is 12.6 Å². The number of aliphatic carboxylic acids is 1. The minimum Gasteiger partial charge on any atom is -0.480 e. The predicted molar refractivity (Wildman–Crippen MR) is 130 cm³/mol. The standard InChI is InChI=1S/C27H32N2O5/c1-17(2)12-13-24(26(31)32)29-25(30)18(3)14-15-28-27(33)34-16-23-21-10-6-4-8-19(21)20-9-5-7-11-22(20)23/h4-11,14,17,23-24H,12-13,15-16H2,1-3H3,(H,28,33)(H,29,30)(H,31,32)/b18-14+. The first-order valence-electron chi connectivity index (χ1n) is 11.6. The SMILES string of the molecule is C/C(=C\CNC(=O)OCC1c2ccccc2-c2ccccc21)C(=O)NC(CCC(C)C)C(=O)O. The molecule has 0 fully saturated rings. The third kappa shape index (κ3) is 6.25. The zero-order valence-electron chi connectivity index (χ0n) is 19.8. The highest BCUT2D eigenvalue weighted by Crippen LogP contribution is 2.44. The Balaban J connectivity index is 1.50. The third-order valence-electron chi connectivity index (χ3n) is 5.99. The molecule has 2 aromatic carbocycles. The summed E-state index contributed by atoms with van der Waals surface area (Å²) in [5.41, 5.74) is 4.91. The van der Waals surface area contributed by atoms with Gasteiger partial charge in [0.2, 0.25) is 5.91 Å². The number of nitrogens with one attached hydrogen (secondary N) is 2. The Morgan fingerprint density at radius 1 is 1.00 bits per heavy atom. The smallest absolute Gasteiger partial charge is 0.407 e. The van der Waals surface area contributed by atoms with Crippen LogP contribution in [0.15, 0.2) is 60.2 Å². The first kappa shape index (κ1) is 25.0. The van der Waals surface area contributed by atoms with Gasteiger partial charge in [0, 0.05) is 18.0 Å². The number of carbonyl (C=O) groups excluding carboxylic acids is 2. The number of ether oxygens (including phenoxy) is 1. The lowest BCUT2D eigenvalue weighted by Gasteiger charge is -2.16. The lowest BCUT2D eigenvalue weighted by atomic mass is 9.98. The van der Waals surface area contributed by atoms with Gasteiger partial charge in [-0.2, -0.15) is 0 Å². The number of hydrogen-bond acceptors (Lipinski definition) is 4. The molecule has 1 aliphatic rings. The van der Waals surface area contributed by atoms with Gasteiger partial charge in [-0.3, -0.25) is 4.79 Å². The topological polar surface area (TPSA) is 105 Å². The molecule has 0 aromatic heterocycles. The van der Waals surface area contributed by atoms with Gasteiger partial charge in [-0.1, -0.05) is 68.5 Å². The van der Waals surface area contributed by atoms with E-state index in [9.17, 15) is 19.5 Å². The normalized spacial score (nSPS) is 13.7. The van der Waals surface area contributed by atoms with Gasteiger partial charge in [0.05, 0.1) is 0 Å². The predicted octanol–water partition coefficient (Wildman–Crippen LogP) is 4.48. The number of hydrogen-bond donors (Lipinski definition) is 3. The molecule has 0 radical (unpaired) electrons. The second-order valence-corrected chi connectivity index (χ2v) is 8.93. The molecule has 0 saturated heterocycles. The fourth-order valence-corrected chi connectivity index (χ4v) is 4.06. The van der Waals surface area contributed by atoms with Gasteiger partial charge in [0.15, 0.2) is 0 Å². The van der Waals surface area contributed by atoms with E-state index >= 15 is 0 Å². The number of rotatable bonds is 10. The molecule has 0 spiro atoms. The Morgan fingerprint density at radius 3 is 2.15 bits per heavy atom. The molecule has 1 aliphatic carbocycles. The van der Waals surface area contributed by atoms with E-state index < -0.39 is 24.0 Å². The van der Waals surface area contributed by atoms with E-state index in [1.54, 1.807) is 6.92 Å². The van der Waals surface area contributed by atoms with E-state index in [0.717, 1.165) is 22.3 Å². The maximum atomic E-state index is 12.3. The van der Waals surface area contributed by atoms with E-state index in [2.05, 4.69) is 34.9 Å². The summed E-state index contributed by atoms with van der Waals surface area (Å²) in [4.78, 5) is 36.0. The molecule has 7 nitrogen and oxygen atoms in total. The van der Waals surface area contributed by atoms with Crippen LogP contribution >= 0.6 is 0 Å². The monoisotopic (exact) mass is 464 g/mol. The van der Waals surface area contributed by atoms with E-state index in [-0.39, 0.29) is 19.1 Å². The second-order valence-electron chi connectivity index (χ2n) is 8.93. The maximum Gasteiger partial charge on any atom is 0.407 e. The third-order valence-corrected chi connectivity index (χ3v) is 5.99. The van der Waals surface area contributed by atoms with Crippen molar-refractivity contribution >= 4 is 18.0 Å². The highest BCUT2D eigenvalue weighted by molar-refractivity contribution is 5.95. The van der Waals surface area contributed by atoms with Crippen LogP contribution in [0.2, 0.25) is 0 Å². The Bertz CT molecular complexity index is 1030. The number of alkyl carbamates (subject to hydrolysis) is 1. The summed E-state index contributed by atoms with van der Waals surface area (Å²) in [6, 6.07) is 15.3. The molecule has 0 bridgehead atoms. The molecule has 3 N–H and O–H groups in total. The molecule has 180 valence electrons. The van der Waals surface area contributed by atoms with Crippen LogP contribution in [0.1, 0.15) is 50.7 Å². The molecular weight excluding hydrogens is 432 g/mol. The molecule has 0 aliphatic heterocycles. The largest absolute Gasteiger partial charge is 0.480 e. The van der Waals surface area contributed by atoms with Crippen LogP contribution < -0.4 is 10.6 Å². The number of fused-ring (bicyclic) bond motifs is 3. The number of amides is 2. The van der Waals surface area contributed by atoms with Crippen molar-refractivity contribution in [3.8, 4) is 11.1 Å². The average molecular weight is 465 g/mol. The quantitative estimate of drug-likeness (QED) is 0.450. The van der Waals surface area contributed by atoms with Crippen LogP contribution in [0.4, 0.5) is 4.79 Å². The summed E-state index contributed by atoms with van der Waals surface area (Å²) in [6.07, 6.45) is 2.03. The van der Waals surface area contributed by atoms with Crippen LogP contribution in [0, 0.1) is 5.92 Å². The van der Waals surface area contributed by atoms with E-state index in [1.165, 1.54) is 6.08 Å². The Hall–Kier alpha value is -3.61. The Kier molecular flexibility index (Phi) is 8.46. The van der Waals surface area contributed by atoms with Crippen LogP contribution in [0.5, 0.6) is 0 Å². The molecule has 7 heteroatoms. The molecule has 34 heavy (non-hydrogen) atoms. The van der Waals surface area contributed by atoms with Crippen molar-refractivity contribution in [1.29, 1.82) is 0 Å². The van der Waals surface area contributed by atoms with Crippen molar-refractivity contribution in [2.45, 2.75) is 45.6 Å². The van der Waals surface area contributed by atoms with Crippen molar-refractivity contribution in [3.63, 3.8) is 0 Å². The summed E-state index contributed by atoms with van der Waals surface area (Å²) in [5.74, 6) is -1.21. The van der Waals surface area contributed by atoms with Gasteiger partial charge >= 0.3 is 12.1 Å². The fourth-order valence-electron chi connectivity index (χ4n) is 4.06. The molecule has 0 heterocycles. The van der Waals surface area contributed by atoms with Crippen LogP contribution in [0.3, 0.4) is 0 Å². The van der Waals surface area contributed by atoms with Crippen molar-refractivity contribution in [1.82, 2.24) is 10.6 Å². The summed E-state index contributed by atoms with van der Waals surface area (Å²) < 4.78 is 5.47. The minimum atomic E-state index is -1.06. The zero-order chi connectivity index (χ0) is 24.7. The van der Waals surface area contributed by atoms with Crippen LogP contribution in [0.25, 0.3) is 11.1 Å². The lowest BCUT2D eigenvalue weighted by Crippen LogP contribution is -2.41. The van der Waals surface area contributed by atoms with Gasteiger partial charge < -0.3 is 20.5 Å². The van der Waals surface area contributed by atoms with E-state index in [1.807, 2.05) is 38.1 Å². The van der Waals surface area contributed by atoms with Crippen LogP contribution in [-0.2, 0) is 14.3 Å². The van der Waals surface area contributed by atoms with Gasteiger partial charge in [-0.05, 0) is 47.9 Å². The number of carboxylic acids is 1. The zero-order valence-corrected chi connectivity index (χ0v) is 19.8. The average Bonchev–Trinajstić information content (AvgIpc) is 3.13. The number of benzene rings is 2. The first-order chi connectivity index (χ1) is 16.3. The van der Waals surface area contributed by atoms with Crippen molar-refractivity contribution in [2.24, 2.45) is 5.92 Å². The van der Waals surface area contributed by atoms with Crippen molar-refractivity contribution < 1.29 is 24.2 Å². The van der Waals surface area contributed by atoms with Gasteiger partial charge in [-0.15, -0.1) is 0 Å². The summed E-state index contributed by atoms with van der Waals surface area (Å²) in [7, 11) is 0. The fraction of sp³-hybridized carbons (Fsp3) is 0.370. The molecule has 1 atom stereocenters. The molecule has 1 unspecified atom stereocenters. The summed E-state index contributed by atoms with van der Waals surface area (Å²) >= 11 is 0. The van der Waals surface area contributed by atoms with Crippen LogP contribution in [-0.4, -0.2) is 42.3 Å². The molecule has 0 saturated carbocycles. The van der Waals surface area contributed by atoms with E-state index in [0.29, 0.717) is 24.3 Å². The lowest BCUT2D eigenvalue weighted by molar-refractivity contribution is -0.141. The van der Waals surface area contributed by atoms with Crippen molar-refractivity contribution in [2.75, 3.05) is 13.2 Å². The first-order valence-corrected chi connectivity index (χ1v) is 11.6. The van der Waals surface area contributed by atoms with Gasteiger partial charge in [-0.25, -0.2) is 9.59 Å². The Morgan fingerprint density at radius 2 is 1.59 bits per heavy atom. The molecule has 3 rings (SSSR count). The molecular formula is C27H32N2O5. The number of carbonyl (C=O) groups is 3. The van der Waals surface area contributed by atoms with Crippen molar-refractivity contribution in [3.05, 3.63) is 71.3 Å². The summed E-state index contributed by atoms with van der Waals surface area (Å²) in [6.45, 7) is 5.89. The Labute approximate surface area is 200 Å². The van der Waals surface area contributed by atoms with E-state index in [4.69, 9.17) is 4.74 Å². The maximum absolute atomic E-state index is 12.3. The minimum absolute atomic E-state index is 0.0278. The summed E-state index contributed by atoms with van der Waals surface area (Å²) in [5, 5.41) is 14.5. The van der Waals surface area contributed by atoms with Gasteiger partial charge in [0.25, 0.3) is 0 Å². The highest BCUT2D eigenvalue weighted by atomic mass is 16.5. The molecule has 2 amide bonds. The number of carboxylic acid groups (broad SMARTS) is 1.